The van der Waals surface area contributed by atoms with Gasteiger partial charge in [-0.15, -0.1) is 10.2 Å². The van der Waals surface area contributed by atoms with Gasteiger partial charge in [0.1, 0.15) is 6.61 Å². The molecule has 0 fully saturated rings. The number of nitrogens with two attached hydrogens (primary N) is 1. The fourth-order valence-corrected chi connectivity index (χ4v) is 3.71. The number of para-hydroxylation sites is 1. The third kappa shape index (κ3) is 4.72. The van der Waals surface area contributed by atoms with E-state index in [1.165, 1.54) is 4.90 Å². The largest absolute Gasteiger partial charge is 0.443 e. The monoisotopic (exact) mass is 463 g/mol. The van der Waals surface area contributed by atoms with Crippen LogP contribution in [0, 0.1) is 0 Å². The summed E-state index contributed by atoms with van der Waals surface area (Å²) in [6.45, 7) is 3.33. The van der Waals surface area contributed by atoms with Crippen LogP contribution in [0.5, 0.6) is 0 Å². The number of benzene rings is 1. The first-order valence-corrected chi connectivity index (χ1v) is 11.0. The highest BCUT2D eigenvalue weighted by Crippen LogP contribution is 2.25. The van der Waals surface area contributed by atoms with Crippen LogP contribution in [0.1, 0.15) is 37.0 Å². The van der Waals surface area contributed by atoms with Crippen LogP contribution in [0.4, 0.5) is 4.79 Å². The average Bonchev–Trinajstić information content (AvgIpc) is 3.41. The molecule has 4 N–H and O–H groups in total. The van der Waals surface area contributed by atoms with Gasteiger partial charge in [0.2, 0.25) is 5.91 Å². The van der Waals surface area contributed by atoms with Gasteiger partial charge in [0, 0.05) is 37.6 Å². The van der Waals surface area contributed by atoms with Gasteiger partial charge in [0.05, 0.1) is 17.3 Å². The number of H-pyrrole nitrogens is 1. The molecule has 0 aliphatic carbocycles. The van der Waals surface area contributed by atoms with Gasteiger partial charge < -0.3 is 25.7 Å². The third-order valence-electron chi connectivity index (χ3n) is 5.54. The molecule has 4 aromatic rings. The zero-order valence-electron chi connectivity index (χ0n) is 19.7. The normalized spacial score (nSPS) is 12.6. The lowest BCUT2D eigenvalue weighted by Gasteiger charge is -2.24. The molecule has 1 atom stereocenters. The van der Waals surface area contributed by atoms with Gasteiger partial charge in [-0.05, 0) is 37.6 Å². The molecular weight excluding hydrogens is 434 g/mol. The number of fused-ring (bicyclic) bond motifs is 2. The molecule has 3 heterocycles. The van der Waals surface area contributed by atoms with E-state index in [-0.39, 0.29) is 12.5 Å². The van der Waals surface area contributed by atoms with E-state index in [0.717, 1.165) is 16.5 Å². The number of hydrogen-bond acceptors (Lipinski definition) is 6. The maximum Gasteiger partial charge on any atom is 0.409 e. The van der Waals surface area contributed by atoms with Crippen molar-refractivity contribution < 1.29 is 14.3 Å². The zero-order chi connectivity index (χ0) is 24.5. The molecule has 1 aromatic carbocycles. The Morgan fingerprint density at radius 1 is 1.18 bits per heavy atom. The van der Waals surface area contributed by atoms with E-state index in [1.54, 1.807) is 27.9 Å². The number of nitrogens with zero attached hydrogens (tertiary/aromatic N) is 4. The summed E-state index contributed by atoms with van der Waals surface area (Å²) in [4.78, 5) is 29.5. The van der Waals surface area contributed by atoms with Crippen molar-refractivity contribution >= 4 is 28.6 Å². The Labute approximate surface area is 197 Å². The van der Waals surface area contributed by atoms with Crippen molar-refractivity contribution in [1.82, 2.24) is 29.8 Å². The molecule has 0 saturated carbocycles. The van der Waals surface area contributed by atoms with Crippen LogP contribution in [0.25, 0.3) is 16.6 Å². The summed E-state index contributed by atoms with van der Waals surface area (Å²) in [5.74, 6) is 0.208. The molecular formula is C24H29N7O3. The molecule has 34 heavy (non-hydrogen) atoms. The summed E-state index contributed by atoms with van der Waals surface area (Å²) in [7, 11) is 3.24. The van der Waals surface area contributed by atoms with Gasteiger partial charge in [0.15, 0.2) is 11.5 Å². The Balaban J connectivity index is 1.75. The number of carbonyl (C=O) groups excluding carboxylic acids is 2. The van der Waals surface area contributed by atoms with E-state index in [0.29, 0.717) is 23.6 Å². The number of nitrogens with one attached hydrogen (secondary N) is 2. The highest BCUT2D eigenvalue weighted by Gasteiger charge is 2.29. The summed E-state index contributed by atoms with van der Waals surface area (Å²) in [6.07, 6.45) is 1.93. The minimum Gasteiger partial charge on any atom is -0.443 e. The van der Waals surface area contributed by atoms with Crippen molar-refractivity contribution in [2.45, 2.75) is 38.5 Å². The second kappa shape index (κ2) is 9.14. The quantitative estimate of drug-likeness (QED) is 0.386. The van der Waals surface area contributed by atoms with E-state index in [9.17, 15) is 9.59 Å². The first-order chi connectivity index (χ1) is 16.1. The molecule has 10 heteroatoms. The molecule has 0 saturated heterocycles. The summed E-state index contributed by atoms with van der Waals surface area (Å²) in [6, 6.07) is 12.9. The van der Waals surface area contributed by atoms with Crippen LogP contribution in [-0.4, -0.2) is 56.1 Å². The highest BCUT2D eigenvalue weighted by atomic mass is 16.6. The SMILES string of the molecule is CN(C)C(=O)OCc1cccc2nnc([C@@H](Cc3c[nH]c4ccccc34)NC(=O)C(C)(C)N)n12. The number of pyridine rings is 1. The fourth-order valence-electron chi connectivity index (χ4n) is 3.71. The summed E-state index contributed by atoms with van der Waals surface area (Å²) in [5.41, 5.74) is 8.27. The molecule has 2 amide bonds. The third-order valence-corrected chi connectivity index (χ3v) is 5.54. The van der Waals surface area contributed by atoms with Crippen LogP contribution < -0.4 is 11.1 Å². The van der Waals surface area contributed by atoms with Crippen LogP contribution in [0.2, 0.25) is 0 Å². The maximum atomic E-state index is 12.9. The molecule has 3 aromatic heterocycles. The Kier molecular flexibility index (Phi) is 6.25. The first kappa shape index (κ1) is 23.2. The maximum absolute atomic E-state index is 12.9. The van der Waals surface area contributed by atoms with Gasteiger partial charge in [-0.3, -0.25) is 9.20 Å². The predicted molar refractivity (Wildman–Crippen MR) is 128 cm³/mol. The number of ether oxygens (including phenoxy) is 1. The van der Waals surface area contributed by atoms with Crippen molar-refractivity contribution in [1.29, 1.82) is 0 Å². The average molecular weight is 464 g/mol. The minimum absolute atomic E-state index is 0.0233. The van der Waals surface area contributed by atoms with E-state index < -0.39 is 17.7 Å². The summed E-state index contributed by atoms with van der Waals surface area (Å²) >= 11 is 0. The van der Waals surface area contributed by atoms with Crippen molar-refractivity contribution in [2.75, 3.05) is 14.1 Å². The van der Waals surface area contributed by atoms with Crippen molar-refractivity contribution in [3.8, 4) is 0 Å². The Morgan fingerprint density at radius 2 is 1.94 bits per heavy atom. The number of carbonyl (C=O) groups is 2. The Hall–Kier alpha value is -3.92. The van der Waals surface area contributed by atoms with Crippen LogP contribution in [-0.2, 0) is 22.6 Å². The smallest absolute Gasteiger partial charge is 0.409 e. The van der Waals surface area contributed by atoms with Gasteiger partial charge in [0.25, 0.3) is 0 Å². The lowest BCUT2D eigenvalue weighted by atomic mass is 10.0. The second-order valence-electron chi connectivity index (χ2n) is 9.03. The molecule has 10 nitrogen and oxygen atoms in total. The molecule has 0 aliphatic rings. The van der Waals surface area contributed by atoms with Gasteiger partial charge in [-0.2, -0.15) is 0 Å². The zero-order valence-corrected chi connectivity index (χ0v) is 19.7. The minimum atomic E-state index is -1.08. The van der Waals surface area contributed by atoms with E-state index >= 15 is 0 Å². The molecule has 0 radical (unpaired) electrons. The number of rotatable bonds is 7. The van der Waals surface area contributed by atoms with Crippen LogP contribution >= 0.6 is 0 Å². The van der Waals surface area contributed by atoms with Crippen molar-refractivity contribution in [3.05, 3.63) is 65.7 Å². The number of aromatic nitrogens is 4. The lowest BCUT2D eigenvalue weighted by molar-refractivity contribution is -0.126. The lowest BCUT2D eigenvalue weighted by Crippen LogP contribution is -2.50. The fraction of sp³-hybridized carbons (Fsp3) is 0.333. The topological polar surface area (TPSA) is 131 Å². The van der Waals surface area contributed by atoms with Crippen LogP contribution in [0.15, 0.2) is 48.7 Å². The molecule has 0 bridgehead atoms. The second-order valence-corrected chi connectivity index (χ2v) is 9.03. The first-order valence-electron chi connectivity index (χ1n) is 11.0. The predicted octanol–water partition coefficient (Wildman–Crippen LogP) is 2.55. The summed E-state index contributed by atoms with van der Waals surface area (Å²) in [5, 5.41) is 12.8. The van der Waals surface area contributed by atoms with Crippen molar-refractivity contribution in [3.63, 3.8) is 0 Å². The number of hydrogen-bond donors (Lipinski definition) is 3. The van der Waals surface area contributed by atoms with Crippen LogP contribution in [0.3, 0.4) is 0 Å². The highest BCUT2D eigenvalue weighted by molar-refractivity contribution is 5.86. The molecule has 0 unspecified atom stereocenters. The molecule has 0 spiro atoms. The van der Waals surface area contributed by atoms with E-state index in [4.69, 9.17) is 10.5 Å². The molecule has 178 valence electrons. The summed E-state index contributed by atoms with van der Waals surface area (Å²) < 4.78 is 7.21. The number of aromatic amines is 1. The standard InChI is InChI=1S/C24H29N7O3/c1-24(2,25)22(32)27-19(12-15-13-26-18-10-6-5-9-17(15)18)21-29-28-20-11-7-8-16(31(20)21)14-34-23(33)30(3)4/h5-11,13,19,26H,12,14,25H2,1-4H3,(H,27,32)/t19-/m1/s1. The van der Waals surface area contributed by atoms with Crippen molar-refractivity contribution in [2.24, 2.45) is 5.73 Å². The van der Waals surface area contributed by atoms with Gasteiger partial charge in [-0.1, -0.05) is 24.3 Å². The molecule has 4 rings (SSSR count). The Bertz CT molecular complexity index is 1330. The Morgan fingerprint density at radius 3 is 2.68 bits per heavy atom. The number of amides is 2. The van der Waals surface area contributed by atoms with Gasteiger partial charge >= 0.3 is 6.09 Å². The molecule has 0 aliphatic heterocycles. The van der Waals surface area contributed by atoms with Gasteiger partial charge in [-0.25, -0.2) is 4.79 Å². The van der Waals surface area contributed by atoms with E-state index in [2.05, 4.69) is 20.5 Å². The van der Waals surface area contributed by atoms with E-state index in [1.807, 2.05) is 53.1 Å².